The van der Waals surface area contributed by atoms with E-state index >= 15 is 0 Å². The Morgan fingerprint density at radius 1 is 1.41 bits per heavy atom. The predicted octanol–water partition coefficient (Wildman–Crippen LogP) is 0.678. The standard InChI is InChI=1S/C12H19N3OS/c1-10-11(9-13-2)3-4-12(14-10)15-5-7-17(16)8-6-15/h3-4,13H,5-9H2,1-2H3. The van der Waals surface area contributed by atoms with Crippen molar-refractivity contribution in [3.05, 3.63) is 23.4 Å². The van der Waals surface area contributed by atoms with Gasteiger partial charge in [0.1, 0.15) is 5.82 Å². The van der Waals surface area contributed by atoms with Crippen molar-refractivity contribution in [3.63, 3.8) is 0 Å². The van der Waals surface area contributed by atoms with E-state index in [2.05, 4.69) is 27.3 Å². The molecule has 1 aromatic rings. The van der Waals surface area contributed by atoms with Crippen LogP contribution < -0.4 is 10.2 Å². The van der Waals surface area contributed by atoms with Crippen molar-refractivity contribution in [1.29, 1.82) is 0 Å². The zero-order valence-corrected chi connectivity index (χ0v) is 11.2. The third kappa shape index (κ3) is 3.04. The van der Waals surface area contributed by atoms with E-state index in [0.29, 0.717) is 0 Å². The van der Waals surface area contributed by atoms with Crippen LogP contribution >= 0.6 is 0 Å². The number of nitrogens with one attached hydrogen (secondary N) is 1. The van der Waals surface area contributed by atoms with Crippen LogP contribution in [-0.4, -0.2) is 40.8 Å². The summed E-state index contributed by atoms with van der Waals surface area (Å²) >= 11 is 0. The number of pyridine rings is 1. The molecule has 1 aliphatic rings. The van der Waals surface area contributed by atoms with Crippen LogP contribution in [0.15, 0.2) is 12.1 Å². The third-order valence-electron chi connectivity index (χ3n) is 3.05. The minimum atomic E-state index is -0.627. The number of hydrogen-bond acceptors (Lipinski definition) is 4. The molecule has 4 nitrogen and oxygen atoms in total. The molecule has 2 heterocycles. The van der Waals surface area contributed by atoms with Gasteiger partial charge in [0.25, 0.3) is 0 Å². The molecule has 0 saturated carbocycles. The summed E-state index contributed by atoms with van der Waals surface area (Å²) in [5.74, 6) is 2.54. The van der Waals surface area contributed by atoms with E-state index in [9.17, 15) is 4.21 Å². The molecular formula is C12H19N3OS. The molecule has 1 aliphatic heterocycles. The van der Waals surface area contributed by atoms with Gasteiger partial charge in [-0.1, -0.05) is 6.07 Å². The van der Waals surface area contributed by atoms with Crippen LogP contribution in [0.1, 0.15) is 11.3 Å². The van der Waals surface area contributed by atoms with Gasteiger partial charge in [0.2, 0.25) is 0 Å². The summed E-state index contributed by atoms with van der Waals surface area (Å²) in [5, 5.41) is 3.14. The number of nitrogens with zero attached hydrogens (tertiary/aromatic N) is 2. The first kappa shape index (κ1) is 12.5. The van der Waals surface area contributed by atoms with E-state index in [-0.39, 0.29) is 0 Å². The molecular weight excluding hydrogens is 234 g/mol. The molecule has 2 rings (SSSR count). The molecule has 0 unspecified atom stereocenters. The van der Waals surface area contributed by atoms with Gasteiger partial charge in [-0.2, -0.15) is 0 Å². The van der Waals surface area contributed by atoms with Gasteiger partial charge in [0.05, 0.1) is 0 Å². The highest BCUT2D eigenvalue weighted by Crippen LogP contribution is 2.16. The molecule has 0 spiro atoms. The molecule has 0 bridgehead atoms. The van der Waals surface area contributed by atoms with E-state index in [1.54, 1.807) is 0 Å². The van der Waals surface area contributed by atoms with Gasteiger partial charge in [-0.3, -0.25) is 4.21 Å². The number of rotatable bonds is 3. The molecule has 0 atom stereocenters. The average Bonchev–Trinajstić information content (AvgIpc) is 2.33. The summed E-state index contributed by atoms with van der Waals surface area (Å²) in [6.45, 7) is 4.59. The smallest absolute Gasteiger partial charge is 0.128 e. The van der Waals surface area contributed by atoms with Crippen LogP contribution in [0.4, 0.5) is 5.82 Å². The molecule has 1 aromatic heterocycles. The second kappa shape index (κ2) is 5.60. The zero-order valence-electron chi connectivity index (χ0n) is 10.4. The van der Waals surface area contributed by atoms with Crippen molar-refractivity contribution in [2.45, 2.75) is 13.5 Å². The Bertz CT molecular complexity index is 412. The number of anilines is 1. The van der Waals surface area contributed by atoms with Crippen LogP contribution in [-0.2, 0) is 17.3 Å². The first-order chi connectivity index (χ1) is 8.20. The maximum atomic E-state index is 11.3. The van der Waals surface area contributed by atoms with Crippen molar-refractivity contribution in [2.75, 3.05) is 36.5 Å². The van der Waals surface area contributed by atoms with E-state index in [4.69, 9.17) is 0 Å². The summed E-state index contributed by atoms with van der Waals surface area (Å²) in [7, 11) is 1.31. The normalized spacial score (nSPS) is 17.4. The molecule has 1 fully saturated rings. The first-order valence-electron chi connectivity index (χ1n) is 5.92. The molecule has 0 amide bonds. The largest absolute Gasteiger partial charge is 0.355 e. The first-order valence-corrected chi connectivity index (χ1v) is 7.40. The van der Waals surface area contributed by atoms with Crippen LogP contribution in [0.5, 0.6) is 0 Å². The Balaban J connectivity index is 2.11. The summed E-state index contributed by atoms with van der Waals surface area (Å²) < 4.78 is 11.3. The van der Waals surface area contributed by atoms with Crippen molar-refractivity contribution in [3.8, 4) is 0 Å². The number of hydrogen-bond donors (Lipinski definition) is 1. The van der Waals surface area contributed by atoms with Crippen molar-refractivity contribution in [1.82, 2.24) is 10.3 Å². The fourth-order valence-corrected chi connectivity index (χ4v) is 3.05. The van der Waals surface area contributed by atoms with Crippen LogP contribution in [0, 0.1) is 6.92 Å². The van der Waals surface area contributed by atoms with E-state index in [1.807, 2.05) is 14.0 Å². The minimum absolute atomic E-state index is 0.627. The lowest BCUT2D eigenvalue weighted by Gasteiger charge is -2.27. The summed E-state index contributed by atoms with van der Waals surface area (Å²) in [4.78, 5) is 6.85. The van der Waals surface area contributed by atoms with E-state index in [0.717, 1.165) is 42.7 Å². The fourth-order valence-electron chi connectivity index (χ4n) is 2.00. The number of aryl methyl sites for hydroxylation is 1. The minimum Gasteiger partial charge on any atom is -0.355 e. The Morgan fingerprint density at radius 3 is 2.71 bits per heavy atom. The molecule has 17 heavy (non-hydrogen) atoms. The maximum Gasteiger partial charge on any atom is 0.128 e. The van der Waals surface area contributed by atoms with Gasteiger partial charge in [-0.15, -0.1) is 0 Å². The lowest BCUT2D eigenvalue weighted by molar-refractivity contribution is 0.672. The van der Waals surface area contributed by atoms with Crippen molar-refractivity contribution >= 4 is 16.6 Å². The summed E-state index contributed by atoms with van der Waals surface area (Å²) in [6.07, 6.45) is 0. The van der Waals surface area contributed by atoms with Gasteiger partial charge in [-0.05, 0) is 25.6 Å². The summed E-state index contributed by atoms with van der Waals surface area (Å²) in [6, 6.07) is 4.19. The van der Waals surface area contributed by atoms with Crippen molar-refractivity contribution in [2.24, 2.45) is 0 Å². The highest BCUT2D eigenvalue weighted by Gasteiger charge is 2.16. The van der Waals surface area contributed by atoms with Gasteiger partial charge < -0.3 is 10.2 Å². The van der Waals surface area contributed by atoms with Crippen LogP contribution in [0.3, 0.4) is 0 Å². The lowest BCUT2D eigenvalue weighted by atomic mass is 10.2. The van der Waals surface area contributed by atoms with Gasteiger partial charge >= 0.3 is 0 Å². The fraction of sp³-hybridized carbons (Fsp3) is 0.583. The monoisotopic (exact) mass is 253 g/mol. The third-order valence-corrected chi connectivity index (χ3v) is 4.33. The Hall–Kier alpha value is -0.940. The SMILES string of the molecule is CNCc1ccc(N2CCS(=O)CC2)nc1C. The quantitative estimate of drug-likeness (QED) is 0.860. The van der Waals surface area contributed by atoms with Gasteiger partial charge in [-0.25, -0.2) is 4.98 Å². The Morgan fingerprint density at radius 2 is 2.12 bits per heavy atom. The molecule has 1 saturated heterocycles. The highest BCUT2D eigenvalue weighted by atomic mass is 32.2. The van der Waals surface area contributed by atoms with Crippen LogP contribution in [0.25, 0.3) is 0 Å². The topological polar surface area (TPSA) is 45.2 Å². The zero-order chi connectivity index (χ0) is 12.3. The average molecular weight is 253 g/mol. The van der Waals surface area contributed by atoms with Gasteiger partial charge in [0.15, 0.2) is 0 Å². The molecule has 94 valence electrons. The van der Waals surface area contributed by atoms with E-state index < -0.39 is 10.8 Å². The highest BCUT2D eigenvalue weighted by molar-refractivity contribution is 7.85. The lowest BCUT2D eigenvalue weighted by Crippen LogP contribution is -2.38. The molecule has 1 N–H and O–H groups in total. The Kier molecular flexibility index (Phi) is 4.12. The van der Waals surface area contributed by atoms with Crippen LogP contribution in [0.2, 0.25) is 0 Å². The molecule has 5 heteroatoms. The van der Waals surface area contributed by atoms with E-state index in [1.165, 1.54) is 5.56 Å². The molecule has 0 aliphatic carbocycles. The van der Waals surface area contributed by atoms with Gasteiger partial charge in [0, 0.05) is 47.6 Å². The molecule has 0 aromatic carbocycles. The summed E-state index contributed by atoms with van der Waals surface area (Å²) in [5.41, 5.74) is 2.31. The number of aromatic nitrogens is 1. The molecule has 0 radical (unpaired) electrons. The second-order valence-electron chi connectivity index (χ2n) is 4.28. The maximum absolute atomic E-state index is 11.3. The van der Waals surface area contributed by atoms with Crippen molar-refractivity contribution < 1.29 is 4.21 Å². The predicted molar refractivity (Wildman–Crippen MR) is 71.8 cm³/mol. The Labute approximate surface area is 105 Å². The second-order valence-corrected chi connectivity index (χ2v) is 5.98.